The summed E-state index contributed by atoms with van der Waals surface area (Å²) in [5.74, 6) is -0.302. The van der Waals surface area contributed by atoms with E-state index in [4.69, 9.17) is 5.73 Å². The fraction of sp³-hybridized carbons (Fsp3) is 0.0833. The molecule has 0 saturated heterocycles. The molecular formula is C12H12N2O. The van der Waals surface area contributed by atoms with Crippen LogP contribution in [0.15, 0.2) is 48.8 Å². The van der Waals surface area contributed by atoms with Gasteiger partial charge in [-0.2, -0.15) is 0 Å². The van der Waals surface area contributed by atoms with Crippen LogP contribution < -0.4 is 5.73 Å². The molecule has 0 aliphatic carbocycles. The number of nitrogens with zero attached hydrogens (tertiary/aromatic N) is 1. The number of hydrogen-bond acceptors (Lipinski definition) is 1. The maximum atomic E-state index is 10.7. The molecule has 3 nitrogen and oxygen atoms in total. The molecule has 0 fully saturated rings. The third-order valence-electron chi connectivity index (χ3n) is 2.22. The number of amides is 1. The van der Waals surface area contributed by atoms with Gasteiger partial charge in [-0.3, -0.25) is 4.79 Å². The summed E-state index contributed by atoms with van der Waals surface area (Å²) in [6.45, 7) is 0. The lowest BCUT2D eigenvalue weighted by atomic mass is 10.1. The molecule has 3 heteroatoms. The summed E-state index contributed by atoms with van der Waals surface area (Å²) in [6, 6.07) is 11.7. The minimum absolute atomic E-state index is 0.298. The zero-order valence-electron chi connectivity index (χ0n) is 8.26. The lowest BCUT2D eigenvalue weighted by Gasteiger charge is -2.03. The second kappa shape index (κ2) is 4.00. The third kappa shape index (κ3) is 2.26. The first-order valence-electron chi connectivity index (χ1n) is 4.76. The quantitative estimate of drug-likeness (QED) is 0.802. The van der Waals surface area contributed by atoms with E-state index in [1.165, 1.54) is 0 Å². The normalized spacial score (nSPS) is 10.1. The highest BCUT2D eigenvalue weighted by Gasteiger charge is 1.99. The van der Waals surface area contributed by atoms with Gasteiger partial charge in [-0.05, 0) is 29.8 Å². The average molecular weight is 200 g/mol. The van der Waals surface area contributed by atoms with Crippen LogP contribution in [0.3, 0.4) is 0 Å². The van der Waals surface area contributed by atoms with Crippen molar-refractivity contribution < 1.29 is 4.79 Å². The van der Waals surface area contributed by atoms with Gasteiger partial charge in [0.15, 0.2) is 0 Å². The van der Waals surface area contributed by atoms with E-state index in [9.17, 15) is 4.79 Å². The Hall–Kier alpha value is -2.03. The van der Waals surface area contributed by atoms with Crippen molar-refractivity contribution in [3.8, 4) is 5.69 Å². The number of primary amides is 1. The summed E-state index contributed by atoms with van der Waals surface area (Å²) >= 11 is 0. The monoisotopic (exact) mass is 200 g/mol. The molecule has 0 unspecified atom stereocenters. The van der Waals surface area contributed by atoms with Crippen LogP contribution in [0.5, 0.6) is 0 Å². The van der Waals surface area contributed by atoms with Crippen LogP contribution in [0.25, 0.3) is 5.69 Å². The Bertz CT molecular complexity index is 443. The Morgan fingerprint density at radius 2 is 1.73 bits per heavy atom. The Labute approximate surface area is 88.1 Å². The molecule has 1 heterocycles. The number of rotatable bonds is 3. The molecule has 1 amide bonds. The van der Waals surface area contributed by atoms with E-state index in [1.54, 1.807) is 0 Å². The van der Waals surface area contributed by atoms with Crippen molar-refractivity contribution >= 4 is 5.91 Å². The van der Waals surface area contributed by atoms with Crippen molar-refractivity contribution in [2.75, 3.05) is 0 Å². The van der Waals surface area contributed by atoms with Gasteiger partial charge in [-0.15, -0.1) is 0 Å². The number of benzene rings is 1. The van der Waals surface area contributed by atoms with Crippen LogP contribution in [-0.2, 0) is 11.2 Å². The van der Waals surface area contributed by atoms with E-state index in [0.29, 0.717) is 6.42 Å². The van der Waals surface area contributed by atoms with E-state index >= 15 is 0 Å². The number of nitrogens with two attached hydrogens (primary N) is 1. The summed E-state index contributed by atoms with van der Waals surface area (Å²) in [5.41, 5.74) is 7.13. The first-order valence-corrected chi connectivity index (χ1v) is 4.76. The van der Waals surface area contributed by atoms with Crippen molar-refractivity contribution in [1.82, 2.24) is 4.57 Å². The van der Waals surface area contributed by atoms with Crippen LogP contribution in [-0.4, -0.2) is 10.5 Å². The highest BCUT2D eigenvalue weighted by atomic mass is 16.1. The summed E-state index contributed by atoms with van der Waals surface area (Å²) in [4.78, 5) is 10.7. The Kier molecular flexibility index (Phi) is 2.54. The van der Waals surface area contributed by atoms with Gasteiger partial charge in [0.1, 0.15) is 0 Å². The van der Waals surface area contributed by atoms with Gasteiger partial charge in [0.2, 0.25) is 5.91 Å². The van der Waals surface area contributed by atoms with Crippen molar-refractivity contribution in [1.29, 1.82) is 0 Å². The topological polar surface area (TPSA) is 48.0 Å². The smallest absolute Gasteiger partial charge is 0.221 e. The van der Waals surface area contributed by atoms with E-state index in [-0.39, 0.29) is 5.91 Å². The summed E-state index contributed by atoms with van der Waals surface area (Å²) < 4.78 is 2.01. The van der Waals surface area contributed by atoms with E-state index < -0.39 is 0 Å². The minimum atomic E-state index is -0.302. The predicted octanol–water partition coefficient (Wildman–Crippen LogP) is 1.51. The molecule has 76 valence electrons. The zero-order chi connectivity index (χ0) is 10.7. The number of aromatic nitrogens is 1. The molecule has 2 N–H and O–H groups in total. The van der Waals surface area contributed by atoms with Gasteiger partial charge in [0.25, 0.3) is 0 Å². The number of carbonyl (C=O) groups is 1. The van der Waals surface area contributed by atoms with Crippen LogP contribution in [0, 0.1) is 0 Å². The van der Waals surface area contributed by atoms with Gasteiger partial charge in [-0.1, -0.05) is 12.1 Å². The third-order valence-corrected chi connectivity index (χ3v) is 2.22. The zero-order valence-corrected chi connectivity index (χ0v) is 8.26. The Balaban J connectivity index is 2.21. The van der Waals surface area contributed by atoms with Gasteiger partial charge in [0, 0.05) is 18.1 Å². The van der Waals surface area contributed by atoms with Gasteiger partial charge >= 0.3 is 0 Å². The fourth-order valence-electron chi connectivity index (χ4n) is 1.49. The maximum absolute atomic E-state index is 10.7. The molecular weight excluding hydrogens is 188 g/mol. The fourth-order valence-corrected chi connectivity index (χ4v) is 1.49. The first kappa shape index (κ1) is 9.52. The molecule has 1 aromatic heterocycles. The summed E-state index contributed by atoms with van der Waals surface area (Å²) in [7, 11) is 0. The second-order valence-corrected chi connectivity index (χ2v) is 3.40. The van der Waals surface area contributed by atoms with E-state index in [2.05, 4.69) is 0 Å². The molecule has 0 saturated carbocycles. The van der Waals surface area contributed by atoms with Crippen molar-refractivity contribution in [3.63, 3.8) is 0 Å². The van der Waals surface area contributed by atoms with Crippen LogP contribution >= 0.6 is 0 Å². The van der Waals surface area contributed by atoms with E-state index in [0.717, 1.165) is 11.3 Å². The molecule has 0 aliphatic rings. The SMILES string of the molecule is NC(=O)Cc1ccc(-n2cccc2)cc1. The Morgan fingerprint density at radius 1 is 1.13 bits per heavy atom. The molecule has 0 radical (unpaired) electrons. The van der Waals surface area contributed by atoms with Crippen LogP contribution in [0.4, 0.5) is 0 Å². The lowest BCUT2D eigenvalue weighted by molar-refractivity contribution is -0.117. The van der Waals surface area contributed by atoms with Crippen molar-refractivity contribution in [2.24, 2.45) is 5.73 Å². The predicted molar refractivity (Wildman–Crippen MR) is 58.7 cm³/mol. The first-order chi connectivity index (χ1) is 7.25. The van der Waals surface area contributed by atoms with Crippen molar-refractivity contribution in [2.45, 2.75) is 6.42 Å². The molecule has 0 aliphatic heterocycles. The molecule has 0 spiro atoms. The molecule has 0 atom stereocenters. The summed E-state index contributed by atoms with van der Waals surface area (Å²) in [6.07, 6.45) is 4.25. The van der Waals surface area contributed by atoms with Crippen LogP contribution in [0.2, 0.25) is 0 Å². The highest BCUT2D eigenvalue weighted by molar-refractivity contribution is 5.76. The van der Waals surface area contributed by atoms with Gasteiger partial charge in [-0.25, -0.2) is 0 Å². The van der Waals surface area contributed by atoms with Gasteiger partial charge < -0.3 is 10.3 Å². The molecule has 2 rings (SSSR count). The minimum Gasteiger partial charge on any atom is -0.369 e. The molecule has 15 heavy (non-hydrogen) atoms. The lowest BCUT2D eigenvalue weighted by Crippen LogP contribution is -2.13. The second-order valence-electron chi connectivity index (χ2n) is 3.40. The number of hydrogen-bond donors (Lipinski definition) is 1. The van der Waals surface area contributed by atoms with Gasteiger partial charge in [0.05, 0.1) is 6.42 Å². The van der Waals surface area contributed by atoms with E-state index in [1.807, 2.05) is 53.4 Å². The highest BCUT2D eigenvalue weighted by Crippen LogP contribution is 2.10. The van der Waals surface area contributed by atoms with Crippen LogP contribution in [0.1, 0.15) is 5.56 Å². The number of carbonyl (C=O) groups excluding carboxylic acids is 1. The standard InChI is InChI=1S/C12H12N2O/c13-12(15)9-10-3-5-11(6-4-10)14-7-1-2-8-14/h1-8H,9H2,(H2,13,15). The maximum Gasteiger partial charge on any atom is 0.221 e. The largest absolute Gasteiger partial charge is 0.369 e. The molecule has 2 aromatic rings. The summed E-state index contributed by atoms with van der Waals surface area (Å²) in [5, 5.41) is 0. The van der Waals surface area contributed by atoms with Crippen molar-refractivity contribution in [3.05, 3.63) is 54.4 Å². The molecule has 1 aromatic carbocycles. The average Bonchev–Trinajstić information content (AvgIpc) is 2.71. The Morgan fingerprint density at radius 3 is 2.27 bits per heavy atom. The molecule has 0 bridgehead atoms.